The molecule has 1 aliphatic carbocycles. The number of nitrogens with one attached hydrogen (secondary N) is 2. The fourth-order valence-electron chi connectivity index (χ4n) is 3.69. The number of amides is 4. The molecule has 2 saturated heterocycles. The van der Waals surface area contributed by atoms with Crippen molar-refractivity contribution in [1.82, 2.24) is 25.3 Å². The van der Waals surface area contributed by atoms with Crippen LogP contribution in [0.15, 0.2) is 12.4 Å². The molecule has 3 heterocycles. The predicted molar refractivity (Wildman–Crippen MR) is 79.3 cm³/mol. The van der Waals surface area contributed by atoms with Gasteiger partial charge in [0.1, 0.15) is 5.54 Å². The van der Waals surface area contributed by atoms with Crippen molar-refractivity contribution in [3.05, 3.63) is 18.0 Å². The average Bonchev–Trinajstić information content (AvgIpc) is 3.13. The summed E-state index contributed by atoms with van der Waals surface area (Å²) in [4.78, 5) is 37.7. The molecule has 3 aliphatic rings. The summed E-state index contributed by atoms with van der Waals surface area (Å²) in [6, 6.07) is -0.436. The lowest BCUT2D eigenvalue weighted by Crippen LogP contribution is -2.56. The maximum absolute atomic E-state index is 12.6. The zero-order valence-corrected chi connectivity index (χ0v) is 12.9. The fraction of sp³-hybridized carbons (Fsp3) is 0.600. The van der Waals surface area contributed by atoms with E-state index >= 15 is 0 Å². The lowest BCUT2D eigenvalue weighted by Gasteiger charge is -2.37. The largest absolute Gasteiger partial charge is 0.342 e. The second kappa shape index (κ2) is 4.81. The third-order valence-electron chi connectivity index (χ3n) is 5.20. The lowest BCUT2D eigenvalue weighted by atomic mass is 9.87. The Labute approximate surface area is 133 Å². The quantitative estimate of drug-likeness (QED) is 0.734. The summed E-state index contributed by atoms with van der Waals surface area (Å²) in [5, 5.41) is 9.15. The summed E-state index contributed by atoms with van der Waals surface area (Å²) < 4.78 is 1.75. The number of rotatable bonds is 2. The molecule has 23 heavy (non-hydrogen) atoms. The molecule has 8 nitrogen and oxygen atoms in total. The molecule has 1 saturated carbocycles. The van der Waals surface area contributed by atoms with E-state index in [2.05, 4.69) is 15.7 Å². The number of aromatic nitrogens is 2. The molecule has 0 aromatic carbocycles. The topological polar surface area (TPSA) is 96.3 Å². The summed E-state index contributed by atoms with van der Waals surface area (Å²) in [7, 11) is 1.87. The van der Waals surface area contributed by atoms with Gasteiger partial charge >= 0.3 is 6.03 Å². The number of piperidine rings is 1. The van der Waals surface area contributed by atoms with E-state index < -0.39 is 11.6 Å². The summed E-state index contributed by atoms with van der Waals surface area (Å²) in [6.45, 7) is 1.01. The number of nitrogens with zero attached hydrogens (tertiary/aromatic N) is 3. The standard InChI is InChI=1S/C15H19N5O3/c1-19-8-9(7-16-19)10-6-11(10)12(21)20-4-2-15(3-5-20)13(22)17-14(23)18-15/h7-8,10-11H,2-6H2,1H3,(H2,17,18,22,23). The molecule has 1 aromatic heterocycles. The Bertz CT molecular complexity index is 689. The van der Waals surface area contributed by atoms with Crippen molar-refractivity contribution in [3.63, 3.8) is 0 Å². The van der Waals surface area contributed by atoms with Crippen LogP contribution in [0.5, 0.6) is 0 Å². The molecule has 8 heteroatoms. The van der Waals surface area contributed by atoms with Gasteiger partial charge in [-0.05, 0) is 30.7 Å². The van der Waals surface area contributed by atoms with Crippen molar-refractivity contribution >= 4 is 17.8 Å². The third kappa shape index (κ3) is 2.29. The Balaban J connectivity index is 1.37. The number of carbonyl (C=O) groups is 3. The van der Waals surface area contributed by atoms with Gasteiger partial charge in [0.05, 0.1) is 6.20 Å². The van der Waals surface area contributed by atoms with Crippen LogP contribution in [0, 0.1) is 5.92 Å². The number of imide groups is 1. The van der Waals surface area contributed by atoms with Gasteiger partial charge < -0.3 is 10.2 Å². The van der Waals surface area contributed by atoms with Gasteiger partial charge in [0.2, 0.25) is 5.91 Å². The maximum atomic E-state index is 12.6. The number of hydrogen-bond donors (Lipinski definition) is 2. The van der Waals surface area contributed by atoms with E-state index in [0.717, 1.165) is 12.0 Å². The molecule has 2 aliphatic heterocycles. The number of hydrogen-bond acceptors (Lipinski definition) is 4. The first-order valence-electron chi connectivity index (χ1n) is 7.89. The van der Waals surface area contributed by atoms with E-state index in [1.807, 2.05) is 24.3 Å². The molecule has 4 amide bonds. The summed E-state index contributed by atoms with van der Waals surface area (Å²) in [6.07, 6.45) is 5.59. The number of urea groups is 1. The smallest absolute Gasteiger partial charge is 0.322 e. The van der Waals surface area contributed by atoms with Crippen molar-refractivity contribution in [2.45, 2.75) is 30.7 Å². The Morgan fingerprint density at radius 1 is 1.35 bits per heavy atom. The van der Waals surface area contributed by atoms with E-state index in [1.165, 1.54) is 0 Å². The number of aryl methyl sites for hydroxylation is 1. The second-order valence-electron chi connectivity index (χ2n) is 6.71. The van der Waals surface area contributed by atoms with Crippen LogP contribution in [-0.2, 0) is 16.6 Å². The molecular formula is C15H19N5O3. The third-order valence-corrected chi connectivity index (χ3v) is 5.20. The van der Waals surface area contributed by atoms with E-state index in [0.29, 0.717) is 25.9 Å². The van der Waals surface area contributed by atoms with Gasteiger partial charge in [-0.2, -0.15) is 5.10 Å². The molecule has 0 bridgehead atoms. The second-order valence-corrected chi connectivity index (χ2v) is 6.71. The van der Waals surface area contributed by atoms with E-state index in [1.54, 1.807) is 4.68 Å². The molecule has 4 rings (SSSR count). The molecule has 122 valence electrons. The normalized spacial score (nSPS) is 28.7. The van der Waals surface area contributed by atoms with Gasteiger partial charge in [-0.3, -0.25) is 19.6 Å². The van der Waals surface area contributed by atoms with Crippen molar-refractivity contribution in [2.24, 2.45) is 13.0 Å². The van der Waals surface area contributed by atoms with E-state index in [-0.39, 0.29) is 23.7 Å². The monoisotopic (exact) mass is 317 g/mol. The Kier molecular flexibility index (Phi) is 2.97. The highest BCUT2D eigenvalue weighted by Crippen LogP contribution is 2.48. The van der Waals surface area contributed by atoms with Gasteiger partial charge in [-0.1, -0.05) is 0 Å². The van der Waals surface area contributed by atoms with Crippen LogP contribution in [0.3, 0.4) is 0 Å². The van der Waals surface area contributed by atoms with E-state index in [9.17, 15) is 14.4 Å². The highest BCUT2D eigenvalue weighted by Gasteiger charge is 2.51. The Hall–Kier alpha value is -2.38. The lowest BCUT2D eigenvalue weighted by molar-refractivity contribution is -0.137. The van der Waals surface area contributed by atoms with Gasteiger partial charge in [-0.25, -0.2) is 4.79 Å². The summed E-state index contributed by atoms with van der Waals surface area (Å²) in [5.74, 6) is 0.175. The zero-order valence-electron chi connectivity index (χ0n) is 12.9. The molecule has 0 radical (unpaired) electrons. The Morgan fingerprint density at radius 2 is 2.09 bits per heavy atom. The minimum atomic E-state index is -0.819. The molecule has 2 N–H and O–H groups in total. The average molecular weight is 317 g/mol. The molecule has 2 atom stereocenters. The molecule has 3 fully saturated rings. The first kappa shape index (κ1) is 14.2. The van der Waals surface area contributed by atoms with Crippen LogP contribution in [0.25, 0.3) is 0 Å². The van der Waals surface area contributed by atoms with Crippen LogP contribution in [0.2, 0.25) is 0 Å². The summed E-state index contributed by atoms with van der Waals surface area (Å²) in [5.41, 5.74) is 0.293. The molecular weight excluding hydrogens is 298 g/mol. The van der Waals surface area contributed by atoms with Crippen LogP contribution in [0.1, 0.15) is 30.7 Å². The summed E-state index contributed by atoms with van der Waals surface area (Å²) >= 11 is 0. The molecule has 1 spiro atoms. The van der Waals surface area contributed by atoms with Crippen molar-refractivity contribution in [2.75, 3.05) is 13.1 Å². The highest BCUT2D eigenvalue weighted by molar-refractivity contribution is 6.07. The number of likely N-dealkylation sites (tertiary alicyclic amines) is 1. The van der Waals surface area contributed by atoms with Crippen LogP contribution in [0.4, 0.5) is 4.79 Å². The maximum Gasteiger partial charge on any atom is 0.322 e. The van der Waals surface area contributed by atoms with Crippen molar-refractivity contribution < 1.29 is 14.4 Å². The highest BCUT2D eigenvalue weighted by atomic mass is 16.2. The SMILES string of the molecule is Cn1cc(C2CC2C(=O)N2CCC3(CC2)NC(=O)NC3=O)cn1. The minimum absolute atomic E-state index is 0.0280. The fourth-order valence-corrected chi connectivity index (χ4v) is 3.69. The van der Waals surface area contributed by atoms with Gasteiger partial charge in [0.25, 0.3) is 5.91 Å². The van der Waals surface area contributed by atoms with Crippen LogP contribution in [-0.4, -0.2) is 51.2 Å². The van der Waals surface area contributed by atoms with Crippen LogP contribution >= 0.6 is 0 Å². The van der Waals surface area contributed by atoms with Crippen molar-refractivity contribution in [3.8, 4) is 0 Å². The van der Waals surface area contributed by atoms with Crippen molar-refractivity contribution in [1.29, 1.82) is 0 Å². The predicted octanol–water partition coefficient (Wildman–Crippen LogP) is -0.276. The number of carbonyl (C=O) groups excluding carboxylic acids is 3. The minimum Gasteiger partial charge on any atom is -0.342 e. The van der Waals surface area contributed by atoms with E-state index in [4.69, 9.17) is 0 Å². The first-order chi connectivity index (χ1) is 11.0. The van der Waals surface area contributed by atoms with Crippen LogP contribution < -0.4 is 10.6 Å². The molecule has 1 aromatic rings. The van der Waals surface area contributed by atoms with Gasteiger partial charge in [0, 0.05) is 32.3 Å². The van der Waals surface area contributed by atoms with Gasteiger partial charge in [0.15, 0.2) is 0 Å². The molecule has 2 unspecified atom stereocenters. The Morgan fingerprint density at radius 3 is 2.65 bits per heavy atom. The first-order valence-corrected chi connectivity index (χ1v) is 7.89. The van der Waals surface area contributed by atoms with Gasteiger partial charge in [-0.15, -0.1) is 0 Å². The zero-order chi connectivity index (χ0) is 16.2.